The quantitative estimate of drug-likeness (QED) is 0.190. The summed E-state index contributed by atoms with van der Waals surface area (Å²) >= 11 is 0. The highest BCUT2D eigenvalue weighted by Gasteiger charge is 2.16. The Morgan fingerprint density at radius 3 is 1.46 bits per heavy atom. The minimum absolute atomic E-state index is 0.937. The maximum atomic E-state index is 4.73. The third-order valence-corrected chi connectivity index (χ3v) is 9.69. The van der Waals surface area contributed by atoms with Gasteiger partial charge in [0.2, 0.25) is 0 Å². The van der Waals surface area contributed by atoms with Gasteiger partial charge in [-0.3, -0.25) is 9.97 Å². The molecule has 0 atom stereocenters. The maximum Gasteiger partial charge on any atom is 0.0970 e. The third-order valence-electron chi connectivity index (χ3n) is 9.69. The Morgan fingerprint density at radius 2 is 0.761 bits per heavy atom. The Kier molecular flexibility index (Phi) is 5.31. The van der Waals surface area contributed by atoms with Crippen LogP contribution in [0.2, 0.25) is 0 Å². The lowest BCUT2D eigenvalue weighted by Crippen LogP contribution is -1.90. The van der Waals surface area contributed by atoms with Crippen molar-refractivity contribution in [2.45, 2.75) is 0 Å². The molecular weight excluding hydrogens is 556 g/mol. The van der Waals surface area contributed by atoms with Crippen molar-refractivity contribution in [2.75, 3.05) is 0 Å². The smallest absolute Gasteiger partial charge is 0.0970 e. The van der Waals surface area contributed by atoms with E-state index in [-0.39, 0.29) is 0 Å². The maximum absolute atomic E-state index is 4.73. The molecule has 2 heteroatoms. The summed E-state index contributed by atoms with van der Waals surface area (Å²) < 4.78 is 0. The van der Waals surface area contributed by atoms with E-state index in [0.717, 1.165) is 21.8 Å². The summed E-state index contributed by atoms with van der Waals surface area (Å²) in [6, 6.07) is 53.2. The number of nitrogens with zero attached hydrogens (tertiary/aromatic N) is 2. The first-order valence-electron chi connectivity index (χ1n) is 15.7. The Hall–Kier alpha value is -6.12. The average Bonchev–Trinajstić information content (AvgIpc) is 3.13. The van der Waals surface area contributed by atoms with E-state index in [9.17, 15) is 0 Å². The van der Waals surface area contributed by atoms with E-state index >= 15 is 0 Å². The minimum atomic E-state index is 0.937. The van der Waals surface area contributed by atoms with Crippen LogP contribution < -0.4 is 0 Å². The van der Waals surface area contributed by atoms with Gasteiger partial charge in [0.05, 0.1) is 11.0 Å². The first-order chi connectivity index (χ1) is 22.8. The molecule has 2 heterocycles. The number of aromatic nitrogens is 2. The fourth-order valence-electron chi connectivity index (χ4n) is 7.69. The molecule has 0 saturated carbocycles. The van der Waals surface area contributed by atoms with Gasteiger partial charge in [0, 0.05) is 23.2 Å². The first-order valence-corrected chi connectivity index (χ1v) is 15.7. The number of pyridine rings is 2. The second-order valence-electron chi connectivity index (χ2n) is 12.1. The molecule has 212 valence electrons. The van der Waals surface area contributed by atoms with Crippen molar-refractivity contribution >= 4 is 75.7 Å². The number of rotatable bonds is 2. The molecule has 2 aromatic heterocycles. The Bertz CT molecular complexity index is 2850. The van der Waals surface area contributed by atoms with E-state index in [1.807, 2.05) is 24.5 Å². The van der Waals surface area contributed by atoms with Gasteiger partial charge in [-0.25, -0.2) is 0 Å². The van der Waals surface area contributed by atoms with Crippen LogP contribution in [-0.4, -0.2) is 9.97 Å². The van der Waals surface area contributed by atoms with Crippen LogP contribution in [-0.2, 0) is 0 Å². The van der Waals surface area contributed by atoms with Crippen molar-refractivity contribution < 1.29 is 0 Å². The van der Waals surface area contributed by atoms with Gasteiger partial charge in [-0.15, -0.1) is 0 Å². The summed E-state index contributed by atoms with van der Waals surface area (Å²) in [5, 5.41) is 15.0. The molecule has 0 bridgehead atoms. The van der Waals surface area contributed by atoms with Crippen LogP contribution in [0.3, 0.4) is 0 Å². The number of fused-ring (bicyclic) bond motifs is 8. The van der Waals surface area contributed by atoms with Crippen LogP contribution in [0.5, 0.6) is 0 Å². The van der Waals surface area contributed by atoms with Gasteiger partial charge < -0.3 is 0 Å². The molecule has 0 radical (unpaired) electrons. The zero-order valence-electron chi connectivity index (χ0n) is 24.9. The van der Waals surface area contributed by atoms with Crippen molar-refractivity contribution in [3.05, 3.63) is 158 Å². The lowest BCUT2D eigenvalue weighted by atomic mass is 9.86. The molecule has 0 spiro atoms. The molecule has 0 saturated heterocycles. The molecule has 2 nitrogen and oxygen atoms in total. The molecule has 0 amide bonds. The number of hydrogen-bond acceptors (Lipinski definition) is 2. The SMILES string of the molecule is c1cnc2c(c1)cc(-c1ccc(-c3cc4cccc5c6ccccc6c6ccccc6c6cccc3c6c45)cc1)c1cccnc12. The predicted octanol–water partition coefficient (Wildman–Crippen LogP) is 11.9. The van der Waals surface area contributed by atoms with Crippen molar-refractivity contribution in [1.82, 2.24) is 9.97 Å². The van der Waals surface area contributed by atoms with Gasteiger partial charge in [0.1, 0.15) is 0 Å². The van der Waals surface area contributed by atoms with Crippen molar-refractivity contribution in [2.24, 2.45) is 0 Å². The standard InChI is InChI=1S/C44H26N2/c1-3-13-33-31(11-1)32-12-2-4-14-34(32)36-16-6-17-37-39(25-29-9-5-15-35(33)41(29)42(36)37)27-19-21-28(22-20-27)40-26-30-10-7-23-45-43(30)44-38(40)18-8-24-46-44/h1-26H. The Balaban J connectivity index is 1.27. The van der Waals surface area contributed by atoms with Crippen molar-refractivity contribution in [3.8, 4) is 22.3 Å². The number of hydrogen-bond donors (Lipinski definition) is 0. The zero-order valence-corrected chi connectivity index (χ0v) is 24.9. The monoisotopic (exact) mass is 582 g/mol. The highest BCUT2D eigenvalue weighted by molar-refractivity contribution is 6.34. The lowest BCUT2D eigenvalue weighted by molar-refractivity contribution is 1.37. The molecule has 46 heavy (non-hydrogen) atoms. The summed E-state index contributed by atoms with van der Waals surface area (Å²) in [5.41, 5.74) is 6.66. The van der Waals surface area contributed by atoms with Crippen LogP contribution in [0.15, 0.2) is 158 Å². The molecule has 0 aliphatic carbocycles. The van der Waals surface area contributed by atoms with Crippen molar-refractivity contribution in [3.63, 3.8) is 0 Å². The van der Waals surface area contributed by atoms with E-state index in [2.05, 4.69) is 138 Å². The van der Waals surface area contributed by atoms with Gasteiger partial charge in [-0.1, -0.05) is 121 Å². The molecule has 0 aliphatic rings. The molecule has 0 fully saturated rings. The molecule has 0 N–H and O–H groups in total. The predicted molar refractivity (Wildman–Crippen MR) is 195 cm³/mol. The van der Waals surface area contributed by atoms with Gasteiger partial charge in [0.15, 0.2) is 0 Å². The highest BCUT2D eigenvalue weighted by Crippen LogP contribution is 2.44. The minimum Gasteiger partial charge on any atom is -0.254 e. The fourth-order valence-corrected chi connectivity index (χ4v) is 7.69. The van der Waals surface area contributed by atoms with E-state index in [0.29, 0.717) is 0 Å². The van der Waals surface area contributed by atoms with Crippen LogP contribution in [0, 0.1) is 0 Å². The molecular formula is C44H26N2. The second kappa shape index (κ2) is 9.69. The lowest BCUT2D eigenvalue weighted by Gasteiger charge is -2.17. The van der Waals surface area contributed by atoms with Crippen LogP contribution in [0.1, 0.15) is 0 Å². The molecule has 10 rings (SSSR count). The molecule has 10 aromatic rings. The summed E-state index contributed by atoms with van der Waals surface area (Å²) in [4.78, 5) is 9.37. The van der Waals surface area contributed by atoms with Crippen LogP contribution in [0.25, 0.3) is 97.9 Å². The zero-order chi connectivity index (χ0) is 30.2. The summed E-state index contributed by atoms with van der Waals surface area (Å²) in [5.74, 6) is 0. The topological polar surface area (TPSA) is 25.8 Å². The Morgan fingerprint density at radius 1 is 0.304 bits per heavy atom. The first kappa shape index (κ1) is 25.2. The highest BCUT2D eigenvalue weighted by atomic mass is 14.7. The normalized spacial score (nSPS) is 11.9. The van der Waals surface area contributed by atoms with Crippen LogP contribution in [0.4, 0.5) is 0 Å². The average molecular weight is 583 g/mol. The third kappa shape index (κ3) is 3.59. The van der Waals surface area contributed by atoms with E-state index in [1.54, 1.807) is 0 Å². The van der Waals surface area contributed by atoms with Crippen LogP contribution >= 0.6 is 0 Å². The molecule has 0 aliphatic heterocycles. The van der Waals surface area contributed by atoms with E-state index in [1.165, 1.54) is 76.1 Å². The summed E-state index contributed by atoms with van der Waals surface area (Å²) in [6.07, 6.45) is 3.69. The van der Waals surface area contributed by atoms with Crippen molar-refractivity contribution in [1.29, 1.82) is 0 Å². The second-order valence-corrected chi connectivity index (χ2v) is 12.1. The molecule has 8 aromatic carbocycles. The molecule has 0 unspecified atom stereocenters. The fraction of sp³-hybridized carbons (Fsp3) is 0. The van der Waals surface area contributed by atoms with E-state index in [4.69, 9.17) is 4.98 Å². The Labute approximate surface area is 265 Å². The van der Waals surface area contributed by atoms with E-state index < -0.39 is 0 Å². The summed E-state index contributed by atoms with van der Waals surface area (Å²) in [6.45, 7) is 0. The van der Waals surface area contributed by atoms with Gasteiger partial charge in [-0.05, 0) is 100 Å². The number of benzene rings is 7. The van der Waals surface area contributed by atoms with Gasteiger partial charge >= 0.3 is 0 Å². The largest absolute Gasteiger partial charge is 0.254 e. The van der Waals surface area contributed by atoms with Gasteiger partial charge in [0.25, 0.3) is 0 Å². The summed E-state index contributed by atoms with van der Waals surface area (Å²) in [7, 11) is 0. The van der Waals surface area contributed by atoms with Gasteiger partial charge in [-0.2, -0.15) is 0 Å².